The molecule has 154 valence electrons. The number of carbonyl (C=O) groups excluding carboxylic acids is 2. The van der Waals surface area contributed by atoms with Gasteiger partial charge in [-0.25, -0.2) is 4.79 Å². The second-order valence-corrected chi connectivity index (χ2v) is 8.37. The third kappa shape index (κ3) is 5.28. The number of aryl methyl sites for hydroxylation is 1. The van der Waals surface area contributed by atoms with Crippen LogP contribution in [0.25, 0.3) is 0 Å². The first-order chi connectivity index (χ1) is 13.7. The van der Waals surface area contributed by atoms with E-state index in [1.165, 1.54) is 0 Å². The molecule has 6 nitrogen and oxygen atoms in total. The fourth-order valence-corrected chi connectivity index (χ4v) is 3.25. The molecule has 1 N–H and O–H groups in total. The number of nitrogens with zero attached hydrogens (tertiary/aromatic N) is 2. The smallest absolute Gasteiger partial charge is 0.322 e. The van der Waals surface area contributed by atoms with Crippen molar-refractivity contribution in [3.05, 3.63) is 54.1 Å². The molecular formula is C23H29N3O3. The standard InChI is InChI=1S/C23H29N3O3/c1-17-8-7-9-18(16-17)29-20-11-6-5-10-19(20)24-22(28)26-14-12-25(13-15-26)21(27)23(2,3)4/h5-11,16H,12-15H2,1-4H3,(H,24,28). The molecule has 0 unspecified atom stereocenters. The molecule has 1 heterocycles. The van der Waals surface area contributed by atoms with Gasteiger partial charge in [0.1, 0.15) is 5.75 Å². The SMILES string of the molecule is Cc1cccc(Oc2ccccc2NC(=O)N2CCN(C(=O)C(C)(C)C)CC2)c1. The Morgan fingerprint density at radius 2 is 1.59 bits per heavy atom. The Hall–Kier alpha value is -3.02. The van der Waals surface area contributed by atoms with Gasteiger partial charge in [0, 0.05) is 31.6 Å². The van der Waals surface area contributed by atoms with Crippen molar-refractivity contribution >= 4 is 17.6 Å². The van der Waals surface area contributed by atoms with Gasteiger partial charge in [-0.1, -0.05) is 45.0 Å². The van der Waals surface area contributed by atoms with Gasteiger partial charge in [0.15, 0.2) is 5.75 Å². The van der Waals surface area contributed by atoms with E-state index >= 15 is 0 Å². The molecular weight excluding hydrogens is 366 g/mol. The number of anilines is 1. The van der Waals surface area contributed by atoms with Gasteiger partial charge in [-0.3, -0.25) is 4.79 Å². The first-order valence-corrected chi connectivity index (χ1v) is 9.93. The van der Waals surface area contributed by atoms with Crippen LogP contribution in [0.1, 0.15) is 26.3 Å². The number of para-hydroxylation sites is 2. The lowest BCUT2D eigenvalue weighted by Gasteiger charge is -2.37. The molecule has 0 saturated carbocycles. The molecule has 1 saturated heterocycles. The van der Waals surface area contributed by atoms with E-state index in [2.05, 4.69) is 5.32 Å². The van der Waals surface area contributed by atoms with Crippen molar-refractivity contribution in [2.45, 2.75) is 27.7 Å². The Morgan fingerprint density at radius 3 is 2.24 bits per heavy atom. The molecule has 1 fully saturated rings. The summed E-state index contributed by atoms with van der Waals surface area (Å²) < 4.78 is 5.98. The first kappa shape index (κ1) is 20.7. The molecule has 0 bridgehead atoms. The number of rotatable bonds is 3. The van der Waals surface area contributed by atoms with E-state index < -0.39 is 5.41 Å². The van der Waals surface area contributed by atoms with E-state index in [9.17, 15) is 9.59 Å². The highest BCUT2D eigenvalue weighted by Crippen LogP contribution is 2.30. The molecule has 2 aromatic rings. The van der Waals surface area contributed by atoms with Gasteiger partial charge >= 0.3 is 6.03 Å². The molecule has 1 aliphatic rings. The molecule has 1 aliphatic heterocycles. The van der Waals surface area contributed by atoms with Crippen LogP contribution in [0.5, 0.6) is 11.5 Å². The van der Waals surface area contributed by atoms with Gasteiger partial charge in [-0.05, 0) is 36.8 Å². The molecule has 0 aromatic heterocycles. The highest BCUT2D eigenvalue weighted by atomic mass is 16.5. The van der Waals surface area contributed by atoms with Crippen LogP contribution in [0, 0.1) is 12.3 Å². The fraction of sp³-hybridized carbons (Fsp3) is 0.391. The number of amides is 3. The number of hydrogen-bond acceptors (Lipinski definition) is 3. The summed E-state index contributed by atoms with van der Waals surface area (Å²) in [5.74, 6) is 1.43. The minimum Gasteiger partial charge on any atom is -0.455 e. The topological polar surface area (TPSA) is 61.9 Å². The van der Waals surface area contributed by atoms with Crippen molar-refractivity contribution in [1.82, 2.24) is 9.80 Å². The van der Waals surface area contributed by atoms with E-state index in [0.717, 1.165) is 11.3 Å². The Balaban J connectivity index is 1.62. The third-order valence-electron chi connectivity index (χ3n) is 4.84. The lowest BCUT2D eigenvalue weighted by molar-refractivity contribution is -0.140. The number of hydrogen-bond donors (Lipinski definition) is 1. The molecule has 3 amide bonds. The van der Waals surface area contributed by atoms with Crippen LogP contribution >= 0.6 is 0 Å². The normalized spacial score (nSPS) is 14.5. The lowest BCUT2D eigenvalue weighted by atomic mass is 9.94. The van der Waals surface area contributed by atoms with Gasteiger partial charge < -0.3 is 19.9 Å². The predicted molar refractivity (Wildman–Crippen MR) is 114 cm³/mol. The first-order valence-electron chi connectivity index (χ1n) is 9.93. The average molecular weight is 396 g/mol. The summed E-state index contributed by atoms with van der Waals surface area (Å²) >= 11 is 0. The quantitative estimate of drug-likeness (QED) is 0.832. The van der Waals surface area contributed by atoms with Crippen LogP contribution in [0.4, 0.5) is 10.5 Å². The van der Waals surface area contributed by atoms with Crippen LogP contribution in [-0.2, 0) is 4.79 Å². The van der Waals surface area contributed by atoms with E-state index in [4.69, 9.17) is 4.74 Å². The molecule has 0 spiro atoms. The maximum Gasteiger partial charge on any atom is 0.322 e. The molecule has 29 heavy (non-hydrogen) atoms. The highest BCUT2D eigenvalue weighted by molar-refractivity contribution is 5.91. The number of benzene rings is 2. The van der Waals surface area contributed by atoms with Gasteiger partial charge in [-0.15, -0.1) is 0 Å². The number of carbonyl (C=O) groups is 2. The van der Waals surface area contributed by atoms with Gasteiger partial charge in [0.25, 0.3) is 0 Å². The largest absolute Gasteiger partial charge is 0.455 e. The molecule has 0 aliphatic carbocycles. The van der Waals surface area contributed by atoms with Crippen molar-refractivity contribution in [3.63, 3.8) is 0 Å². The molecule has 3 rings (SSSR count). The predicted octanol–water partition coefficient (Wildman–Crippen LogP) is 4.51. The zero-order chi connectivity index (χ0) is 21.0. The maximum absolute atomic E-state index is 12.8. The summed E-state index contributed by atoms with van der Waals surface area (Å²) in [5, 5.41) is 2.95. The van der Waals surface area contributed by atoms with Gasteiger partial charge in [0.05, 0.1) is 5.69 Å². The average Bonchev–Trinajstić information content (AvgIpc) is 2.68. The van der Waals surface area contributed by atoms with Crippen LogP contribution in [-0.4, -0.2) is 47.9 Å². The zero-order valence-electron chi connectivity index (χ0n) is 17.6. The van der Waals surface area contributed by atoms with Crippen LogP contribution in [0.15, 0.2) is 48.5 Å². The fourth-order valence-electron chi connectivity index (χ4n) is 3.25. The van der Waals surface area contributed by atoms with E-state index in [1.54, 1.807) is 4.90 Å². The Labute approximate surface area is 172 Å². The summed E-state index contributed by atoms with van der Waals surface area (Å²) in [5.41, 5.74) is 1.31. The van der Waals surface area contributed by atoms with E-state index in [1.807, 2.05) is 81.1 Å². The summed E-state index contributed by atoms with van der Waals surface area (Å²) in [7, 11) is 0. The number of nitrogens with one attached hydrogen (secondary N) is 1. The van der Waals surface area contributed by atoms with Crippen LogP contribution < -0.4 is 10.1 Å². The van der Waals surface area contributed by atoms with Crippen LogP contribution in [0.3, 0.4) is 0 Å². The summed E-state index contributed by atoms with van der Waals surface area (Å²) in [6.07, 6.45) is 0. The summed E-state index contributed by atoms with van der Waals surface area (Å²) in [6.45, 7) is 9.86. The monoisotopic (exact) mass is 395 g/mol. The summed E-state index contributed by atoms with van der Waals surface area (Å²) in [6, 6.07) is 15.0. The van der Waals surface area contributed by atoms with Crippen molar-refractivity contribution < 1.29 is 14.3 Å². The lowest BCUT2D eigenvalue weighted by Crippen LogP contribution is -2.53. The van der Waals surface area contributed by atoms with Crippen molar-refractivity contribution in [2.24, 2.45) is 5.41 Å². The Kier molecular flexibility index (Phi) is 6.11. The molecule has 0 atom stereocenters. The minimum absolute atomic E-state index is 0.120. The second-order valence-electron chi connectivity index (χ2n) is 8.37. The van der Waals surface area contributed by atoms with E-state index in [-0.39, 0.29) is 11.9 Å². The second kappa shape index (κ2) is 8.55. The number of urea groups is 1. The molecule has 2 aromatic carbocycles. The van der Waals surface area contributed by atoms with Crippen molar-refractivity contribution in [3.8, 4) is 11.5 Å². The maximum atomic E-state index is 12.8. The van der Waals surface area contributed by atoms with Crippen molar-refractivity contribution in [1.29, 1.82) is 0 Å². The molecule has 6 heteroatoms. The zero-order valence-corrected chi connectivity index (χ0v) is 17.6. The molecule has 0 radical (unpaired) electrons. The number of piperazine rings is 1. The van der Waals surface area contributed by atoms with Crippen molar-refractivity contribution in [2.75, 3.05) is 31.5 Å². The van der Waals surface area contributed by atoms with Gasteiger partial charge in [-0.2, -0.15) is 0 Å². The van der Waals surface area contributed by atoms with Gasteiger partial charge in [0.2, 0.25) is 5.91 Å². The Bertz CT molecular complexity index is 881. The minimum atomic E-state index is -0.406. The van der Waals surface area contributed by atoms with E-state index in [0.29, 0.717) is 37.6 Å². The summed E-state index contributed by atoms with van der Waals surface area (Å²) in [4.78, 5) is 28.7. The third-order valence-corrected chi connectivity index (χ3v) is 4.84. The number of ether oxygens (including phenoxy) is 1. The van der Waals surface area contributed by atoms with Crippen LogP contribution in [0.2, 0.25) is 0 Å². The highest BCUT2D eigenvalue weighted by Gasteiger charge is 2.31. The Morgan fingerprint density at radius 1 is 0.931 bits per heavy atom.